The largest absolute Gasteiger partial charge is 0.477 e. The number of carboxylic acids is 1. The zero-order valence-electron chi connectivity index (χ0n) is 9.64. The molecule has 0 atom stereocenters. The van der Waals surface area contributed by atoms with Crippen molar-refractivity contribution in [2.75, 3.05) is 0 Å². The molecular weight excluding hydrogens is 305 g/mol. The first kappa shape index (κ1) is 14.2. The zero-order chi connectivity index (χ0) is 13.8. The molecule has 0 unspecified atom stereocenters. The summed E-state index contributed by atoms with van der Waals surface area (Å²) in [4.78, 5) is 15.5. The Kier molecular flexibility index (Phi) is 4.69. The first-order valence-electron chi connectivity index (χ1n) is 5.32. The van der Waals surface area contributed by atoms with Crippen LogP contribution in [0.1, 0.15) is 16.1 Å². The van der Waals surface area contributed by atoms with Gasteiger partial charge in [0.2, 0.25) is 0 Å². The Morgan fingerprint density at radius 2 is 1.89 bits per heavy atom. The second-order valence-electron chi connectivity index (χ2n) is 3.75. The van der Waals surface area contributed by atoms with Gasteiger partial charge in [-0.25, -0.2) is 9.78 Å². The minimum atomic E-state index is -1.03. The molecule has 0 amide bonds. The fraction of sp³-hybridized carbons (Fsp3) is 0.0769. The van der Waals surface area contributed by atoms with E-state index in [0.29, 0.717) is 15.8 Å². The molecule has 2 aromatic rings. The topological polar surface area (TPSA) is 50.2 Å². The predicted molar refractivity (Wildman–Crippen MR) is 77.2 cm³/mol. The molecule has 2 rings (SSSR count). The summed E-state index contributed by atoms with van der Waals surface area (Å²) < 4.78 is 0. The van der Waals surface area contributed by atoms with Crippen LogP contribution in [0.5, 0.6) is 0 Å². The average Bonchev–Trinajstić information content (AvgIpc) is 2.35. The van der Waals surface area contributed by atoms with E-state index < -0.39 is 5.97 Å². The van der Waals surface area contributed by atoms with E-state index in [1.165, 1.54) is 18.0 Å². The third-order valence-corrected chi connectivity index (χ3v) is 3.77. The van der Waals surface area contributed by atoms with Crippen LogP contribution in [-0.2, 0) is 5.75 Å². The lowest BCUT2D eigenvalue weighted by Crippen LogP contribution is -2.00. The molecule has 0 saturated heterocycles. The smallest absolute Gasteiger partial charge is 0.354 e. The Labute approximate surface area is 124 Å². The molecule has 1 aromatic heterocycles. The second kappa shape index (κ2) is 6.28. The van der Waals surface area contributed by atoms with E-state index in [-0.39, 0.29) is 5.69 Å². The standard InChI is InChI=1S/C13H9Cl2NO2S/c14-9-4-10(15)6-11(5-9)19-7-8-1-2-16-12(3-8)13(17)18/h1-6H,7H2,(H,17,18). The lowest BCUT2D eigenvalue weighted by atomic mass is 10.2. The maximum Gasteiger partial charge on any atom is 0.354 e. The van der Waals surface area contributed by atoms with E-state index in [2.05, 4.69) is 4.98 Å². The molecule has 0 aliphatic heterocycles. The lowest BCUT2D eigenvalue weighted by Gasteiger charge is -2.04. The Hall–Kier alpha value is -1.23. The summed E-state index contributed by atoms with van der Waals surface area (Å²) >= 11 is 13.4. The van der Waals surface area contributed by atoms with Crippen LogP contribution >= 0.6 is 35.0 Å². The van der Waals surface area contributed by atoms with Crippen molar-refractivity contribution in [3.8, 4) is 0 Å². The Bertz CT molecular complexity index is 599. The number of benzene rings is 1. The van der Waals surface area contributed by atoms with E-state index in [1.807, 2.05) is 12.1 Å². The second-order valence-corrected chi connectivity index (χ2v) is 5.67. The van der Waals surface area contributed by atoms with Gasteiger partial charge in [-0.1, -0.05) is 23.2 Å². The van der Waals surface area contributed by atoms with Gasteiger partial charge in [0.1, 0.15) is 5.69 Å². The van der Waals surface area contributed by atoms with E-state index >= 15 is 0 Å². The molecule has 0 saturated carbocycles. The summed E-state index contributed by atoms with van der Waals surface area (Å²) in [5, 5.41) is 10.0. The monoisotopic (exact) mass is 313 g/mol. The van der Waals surface area contributed by atoms with Crippen LogP contribution in [0.4, 0.5) is 0 Å². The summed E-state index contributed by atoms with van der Waals surface area (Å²) in [5.74, 6) is -0.405. The van der Waals surface area contributed by atoms with Gasteiger partial charge in [-0.3, -0.25) is 0 Å². The molecule has 0 spiro atoms. The number of hydrogen-bond acceptors (Lipinski definition) is 3. The van der Waals surface area contributed by atoms with Crippen LogP contribution in [0.3, 0.4) is 0 Å². The van der Waals surface area contributed by atoms with Gasteiger partial charge in [-0.05, 0) is 35.9 Å². The van der Waals surface area contributed by atoms with E-state index in [9.17, 15) is 4.79 Å². The number of carboxylic acid groups (broad SMARTS) is 1. The molecule has 0 aliphatic carbocycles. The number of rotatable bonds is 4. The molecule has 19 heavy (non-hydrogen) atoms. The molecular formula is C13H9Cl2NO2S. The molecule has 6 heteroatoms. The number of nitrogens with zero attached hydrogens (tertiary/aromatic N) is 1. The van der Waals surface area contributed by atoms with Gasteiger partial charge in [0.15, 0.2) is 0 Å². The third-order valence-electron chi connectivity index (χ3n) is 2.29. The number of carbonyl (C=O) groups is 1. The highest BCUT2D eigenvalue weighted by molar-refractivity contribution is 7.98. The van der Waals surface area contributed by atoms with Crippen LogP contribution in [0.2, 0.25) is 10.0 Å². The van der Waals surface area contributed by atoms with E-state index in [1.54, 1.807) is 18.2 Å². The van der Waals surface area contributed by atoms with Gasteiger partial charge in [0.05, 0.1) is 0 Å². The number of aromatic carboxylic acids is 1. The Balaban J connectivity index is 2.10. The van der Waals surface area contributed by atoms with Crippen LogP contribution in [-0.4, -0.2) is 16.1 Å². The number of hydrogen-bond donors (Lipinski definition) is 1. The molecule has 0 fully saturated rings. The Morgan fingerprint density at radius 1 is 1.21 bits per heavy atom. The fourth-order valence-corrected chi connectivity index (χ4v) is 3.05. The maximum absolute atomic E-state index is 10.8. The highest BCUT2D eigenvalue weighted by Gasteiger charge is 2.06. The fourth-order valence-electron chi connectivity index (χ4n) is 1.46. The van der Waals surface area contributed by atoms with E-state index in [0.717, 1.165) is 10.5 Å². The predicted octanol–water partition coefficient (Wildman–Crippen LogP) is 4.38. The van der Waals surface area contributed by atoms with Gasteiger partial charge < -0.3 is 5.11 Å². The van der Waals surface area contributed by atoms with Crippen LogP contribution < -0.4 is 0 Å². The summed E-state index contributed by atoms with van der Waals surface area (Å²) in [6, 6.07) is 8.64. The summed E-state index contributed by atoms with van der Waals surface area (Å²) in [5.41, 5.74) is 0.927. The first-order chi connectivity index (χ1) is 9.04. The summed E-state index contributed by atoms with van der Waals surface area (Å²) in [6.07, 6.45) is 1.49. The van der Waals surface area contributed by atoms with Crippen LogP contribution in [0.25, 0.3) is 0 Å². The molecule has 3 nitrogen and oxygen atoms in total. The third kappa shape index (κ3) is 4.13. The quantitative estimate of drug-likeness (QED) is 0.851. The molecule has 1 aromatic carbocycles. The number of aromatic nitrogens is 1. The van der Waals surface area contributed by atoms with E-state index in [4.69, 9.17) is 28.3 Å². The maximum atomic E-state index is 10.8. The zero-order valence-corrected chi connectivity index (χ0v) is 12.0. The summed E-state index contributed by atoms with van der Waals surface area (Å²) in [7, 11) is 0. The molecule has 1 N–H and O–H groups in total. The molecule has 98 valence electrons. The van der Waals surface area contributed by atoms with Crippen molar-refractivity contribution in [1.29, 1.82) is 0 Å². The first-order valence-corrected chi connectivity index (χ1v) is 7.06. The summed E-state index contributed by atoms with van der Waals surface area (Å²) in [6.45, 7) is 0. The SMILES string of the molecule is O=C(O)c1cc(CSc2cc(Cl)cc(Cl)c2)ccn1. The van der Waals surface area contributed by atoms with Crippen molar-refractivity contribution in [2.24, 2.45) is 0 Å². The van der Waals surface area contributed by atoms with Crippen molar-refractivity contribution in [3.63, 3.8) is 0 Å². The van der Waals surface area contributed by atoms with Crippen molar-refractivity contribution in [1.82, 2.24) is 4.98 Å². The van der Waals surface area contributed by atoms with Crippen molar-refractivity contribution >= 4 is 40.9 Å². The van der Waals surface area contributed by atoms with Gasteiger partial charge in [-0.15, -0.1) is 11.8 Å². The molecule has 0 aliphatic rings. The van der Waals surface area contributed by atoms with Crippen LogP contribution in [0, 0.1) is 0 Å². The van der Waals surface area contributed by atoms with Crippen molar-refractivity contribution < 1.29 is 9.90 Å². The highest BCUT2D eigenvalue weighted by atomic mass is 35.5. The van der Waals surface area contributed by atoms with Crippen LogP contribution in [0.15, 0.2) is 41.4 Å². The minimum Gasteiger partial charge on any atom is -0.477 e. The van der Waals surface area contributed by atoms with Gasteiger partial charge >= 0.3 is 5.97 Å². The molecule has 0 radical (unpaired) electrons. The number of halogens is 2. The van der Waals surface area contributed by atoms with Crippen molar-refractivity contribution in [2.45, 2.75) is 10.6 Å². The van der Waals surface area contributed by atoms with Crippen molar-refractivity contribution in [3.05, 3.63) is 57.8 Å². The van der Waals surface area contributed by atoms with Gasteiger partial charge in [-0.2, -0.15) is 0 Å². The number of thioether (sulfide) groups is 1. The lowest BCUT2D eigenvalue weighted by molar-refractivity contribution is 0.0690. The normalized spacial score (nSPS) is 10.4. The average molecular weight is 314 g/mol. The van der Waals surface area contributed by atoms with Gasteiger partial charge in [0, 0.05) is 26.9 Å². The minimum absolute atomic E-state index is 0.0437. The molecule has 0 bridgehead atoms. The number of pyridine rings is 1. The highest BCUT2D eigenvalue weighted by Crippen LogP contribution is 2.28. The Morgan fingerprint density at radius 3 is 2.53 bits per heavy atom. The van der Waals surface area contributed by atoms with Gasteiger partial charge in [0.25, 0.3) is 0 Å². The molecule has 1 heterocycles.